The van der Waals surface area contributed by atoms with Crippen molar-refractivity contribution < 1.29 is 13.8 Å². The number of hydrogen-bond acceptors (Lipinski definition) is 4. The third-order valence-electron chi connectivity index (χ3n) is 0.529. The Morgan fingerprint density at radius 3 is 2.50 bits per heavy atom. The van der Waals surface area contributed by atoms with Crippen molar-refractivity contribution in [2.75, 3.05) is 7.11 Å². The van der Waals surface area contributed by atoms with Crippen LogP contribution in [0.3, 0.4) is 0 Å². The number of carbonyl (C=O) groups excluding carboxylic acids is 1. The first-order valence-corrected chi connectivity index (χ1v) is 2.14. The Morgan fingerprint density at radius 1 is 1.88 bits per heavy atom. The molecule has 5 heteroatoms. The summed E-state index contributed by atoms with van der Waals surface area (Å²) >= 11 is 4.70. The molecular weight excluding hydrogens is 133 g/mol. The molecule has 4 nitrogen and oxygen atoms in total. The summed E-state index contributed by atoms with van der Waals surface area (Å²) in [5.74, 6) is -0.694. The number of methoxy groups -OCH3 is 1. The maximum Gasteiger partial charge on any atom is 0.351 e. The third kappa shape index (κ3) is 2.11. The van der Waals surface area contributed by atoms with E-state index >= 15 is 0 Å². The molecule has 0 saturated heterocycles. The molecule has 0 aromatic carbocycles. The molecule has 48 valence electrons. The Balaban J connectivity index is 3.46. The van der Waals surface area contributed by atoms with E-state index in [1.807, 2.05) is 0 Å². The van der Waals surface area contributed by atoms with Gasteiger partial charge in [0, 0.05) is 0 Å². The van der Waals surface area contributed by atoms with Crippen molar-refractivity contribution in [1.82, 2.24) is 0 Å². The lowest BCUT2D eigenvalue weighted by molar-refractivity contribution is -0.148. The van der Waals surface area contributed by atoms with Crippen LogP contribution >= 0.6 is 11.9 Å². The second kappa shape index (κ2) is 3.65. The van der Waals surface area contributed by atoms with E-state index in [-0.39, 0.29) is 0 Å². The van der Waals surface area contributed by atoms with Crippen LogP contribution in [0.2, 0.25) is 0 Å². The Kier molecular flexibility index (Phi) is 3.51. The molecule has 0 radical (unpaired) electrons. The van der Waals surface area contributed by atoms with Crippen LogP contribution in [-0.4, -0.2) is 19.3 Å². The summed E-state index contributed by atoms with van der Waals surface area (Å²) in [5, 5.41) is 0. The van der Waals surface area contributed by atoms with Gasteiger partial charge < -0.3 is 4.74 Å². The highest BCUT2D eigenvalue weighted by molar-refractivity contribution is 6.08. The maximum atomic E-state index is 10.2. The van der Waals surface area contributed by atoms with Crippen LogP contribution in [0.15, 0.2) is 0 Å². The third-order valence-corrected chi connectivity index (χ3v) is 0.721. The monoisotopic (exact) mass is 139 g/mol. The molecule has 0 aromatic heterocycles. The minimum absolute atomic E-state index is 0.694. The number of rotatable bonds is 2. The lowest BCUT2D eigenvalue weighted by Crippen LogP contribution is -2.31. The first-order chi connectivity index (χ1) is 3.72. The lowest BCUT2D eigenvalue weighted by Gasteiger charge is -2.01. The standard InChI is InChI=1S/C3H6ClNO3/c1-7-3(6)2(5)8-4/h2H,5H2,1H3. The van der Waals surface area contributed by atoms with Gasteiger partial charge in [0.2, 0.25) is 6.23 Å². The molecule has 0 saturated carbocycles. The molecule has 2 N–H and O–H groups in total. The fraction of sp³-hybridized carbons (Fsp3) is 0.667. The average molecular weight is 140 g/mol. The molecule has 0 heterocycles. The lowest BCUT2D eigenvalue weighted by atomic mass is 10.6. The van der Waals surface area contributed by atoms with Gasteiger partial charge in [-0.2, -0.15) is 0 Å². The highest BCUT2D eigenvalue weighted by Crippen LogP contribution is 1.88. The minimum Gasteiger partial charge on any atom is -0.466 e. The number of ether oxygens (including phenoxy) is 1. The molecule has 0 aliphatic rings. The van der Waals surface area contributed by atoms with Gasteiger partial charge >= 0.3 is 5.97 Å². The molecule has 0 fully saturated rings. The van der Waals surface area contributed by atoms with Crippen molar-refractivity contribution >= 4 is 17.8 Å². The molecule has 0 amide bonds. The van der Waals surface area contributed by atoms with Gasteiger partial charge in [0.1, 0.15) is 0 Å². The fourth-order valence-electron chi connectivity index (χ4n) is 0.153. The summed E-state index contributed by atoms with van der Waals surface area (Å²) in [5.41, 5.74) is 4.90. The SMILES string of the molecule is COC(=O)C(N)OCl. The predicted octanol–water partition coefficient (Wildman–Crippen LogP) is -0.385. The van der Waals surface area contributed by atoms with E-state index in [1.165, 1.54) is 7.11 Å². The van der Waals surface area contributed by atoms with Crippen molar-refractivity contribution in [3.63, 3.8) is 0 Å². The zero-order valence-electron chi connectivity index (χ0n) is 4.26. The zero-order valence-corrected chi connectivity index (χ0v) is 5.01. The van der Waals surface area contributed by atoms with E-state index in [0.717, 1.165) is 0 Å². The first kappa shape index (κ1) is 7.68. The van der Waals surface area contributed by atoms with Gasteiger partial charge in [0.05, 0.1) is 19.0 Å². The quantitative estimate of drug-likeness (QED) is 0.418. The Bertz CT molecular complexity index is 86.6. The van der Waals surface area contributed by atoms with Crippen molar-refractivity contribution in [3.8, 4) is 0 Å². The summed E-state index contributed by atoms with van der Waals surface area (Å²) in [6.07, 6.45) is -1.18. The van der Waals surface area contributed by atoms with Crippen LogP contribution in [-0.2, 0) is 13.8 Å². The van der Waals surface area contributed by atoms with Crippen LogP contribution in [0.5, 0.6) is 0 Å². The Labute approximate surface area is 51.7 Å². The normalized spacial score (nSPS) is 12.9. The molecule has 0 aromatic rings. The number of carbonyl (C=O) groups is 1. The number of hydrogen-bond donors (Lipinski definition) is 1. The molecule has 8 heavy (non-hydrogen) atoms. The molecule has 0 spiro atoms. The molecular formula is C3H6ClNO3. The summed E-state index contributed by atoms with van der Waals surface area (Å²) in [4.78, 5) is 10.2. The second-order valence-electron chi connectivity index (χ2n) is 1.03. The minimum atomic E-state index is -1.18. The Hall–Kier alpha value is -0.320. The summed E-state index contributed by atoms with van der Waals surface area (Å²) in [7, 11) is 1.19. The first-order valence-electron chi connectivity index (χ1n) is 1.83. The van der Waals surface area contributed by atoms with E-state index in [0.29, 0.717) is 0 Å². The number of nitrogens with two attached hydrogens (primary N) is 1. The van der Waals surface area contributed by atoms with E-state index in [4.69, 9.17) is 17.6 Å². The van der Waals surface area contributed by atoms with Gasteiger partial charge in [-0.1, -0.05) is 0 Å². The van der Waals surface area contributed by atoms with Gasteiger partial charge in [-0.15, -0.1) is 0 Å². The largest absolute Gasteiger partial charge is 0.466 e. The molecule has 0 aliphatic carbocycles. The van der Waals surface area contributed by atoms with Crippen molar-refractivity contribution in [2.24, 2.45) is 5.73 Å². The maximum absolute atomic E-state index is 10.2. The van der Waals surface area contributed by atoms with Crippen molar-refractivity contribution in [1.29, 1.82) is 0 Å². The Morgan fingerprint density at radius 2 is 2.38 bits per heavy atom. The van der Waals surface area contributed by atoms with Crippen molar-refractivity contribution in [2.45, 2.75) is 6.23 Å². The molecule has 0 aliphatic heterocycles. The van der Waals surface area contributed by atoms with Crippen molar-refractivity contribution in [3.05, 3.63) is 0 Å². The average Bonchev–Trinajstić information content (AvgIpc) is 1.84. The van der Waals surface area contributed by atoms with Crippen LogP contribution in [0.4, 0.5) is 0 Å². The van der Waals surface area contributed by atoms with Gasteiger partial charge in [-0.05, 0) is 0 Å². The smallest absolute Gasteiger partial charge is 0.351 e. The highest BCUT2D eigenvalue weighted by atomic mass is 35.5. The number of esters is 1. The zero-order chi connectivity index (χ0) is 6.57. The van der Waals surface area contributed by atoms with Crippen LogP contribution in [0.25, 0.3) is 0 Å². The van der Waals surface area contributed by atoms with Gasteiger partial charge in [0.15, 0.2) is 0 Å². The second-order valence-corrected chi connectivity index (χ2v) is 1.21. The summed E-state index contributed by atoms with van der Waals surface area (Å²) < 4.78 is 8.01. The number of halogens is 1. The van der Waals surface area contributed by atoms with E-state index in [9.17, 15) is 4.79 Å². The van der Waals surface area contributed by atoms with Crippen LogP contribution in [0.1, 0.15) is 0 Å². The van der Waals surface area contributed by atoms with E-state index < -0.39 is 12.2 Å². The van der Waals surface area contributed by atoms with E-state index in [2.05, 4.69) is 9.03 Å². The van der Waals surface area contributed by atoms with Gasteiger partial charge in [-0.3, -0.25) is 5.73 Å². The summed E-state index contributed by atoms with van der Waals surface area (Å²) in [6.45, 7) is 0. The molecule has 1 unspecified atom stereocenters. The van der Waals surface area contributed by atoms with E-state index in [1.54, 1.807) is 0 Å². The van der Waals surface area contributed by atoms with Gasteiger partial charge in [0.25, 0.3) is 0 Å². The fourth-order valence-corrected chi connectivity index (χ4v) is 0.225. The molecule has 0 bridgehead atoms. The molecule has 0 rings (SSSR count). The topological polar surface area (TPSA) is 61.5 Å². The van der Waals surface area contributed by atoms with Crippen LogP contribution < -0.4 is 5.73 Å². The molecule has 1 atom stereocenters. The predicted molar refractivity (Wildman–Crippen MR) is 26.9 cm³/mol. The summed E-state index contributed by atoms with van der Waals surface area (Å²) in [6, 6.07) is 0. The van der Waals surface area contributed by atoms with Crippen LogP contribution in [0, 0.1) is 0 Å². The highest BCUT2D eigenvalue weighted by Gasteiger charge is 2.11. The van der Waals surface area contributed by atoms with Gasteiger partial charge in [-0.25, -0.2) is 9.08 Å².